The molecule has 0 saturated carbocycles. The lowest BCUT2D eigenvalue weighted by atomic mass is 10.0. The number of hydrogen-bond acceptors (Lipinski definition) is 6. The number of likely N-dealkylation sites (N-methyl/N-ethyl adjacent to an activating group) is 1. The standard InChI is InChI=1S/C17H22N6O/c1-22(2)14(12-7-5-6-8-15(12)24-4)10-18-16-13-9-21-23(3)17(13)20-11-19-16/h5-9,11,14H,10H2,1-4H3,(H,18,19,20)/t14-/m1/s1. The first-order chi connectivity index (χ1) is 11.6. The van der Waals surface area contributed by atoms with Gasteiger partial charge < -0.3 is 15.0 Å². The molecular formula is C17H22N6O. The Morgan fingerprint density at radius 2 is 2.04 bits per heavy atom. The number of hydrogen-bond donors (Lipinski definition) is 1. The van der Waals surface area contributed by atoms with Crippen LogP contribution in [0.15, 0.2) is 36.8 Å². The molecule has 0 aliphatic heterocycles. The van der Waals surface area contributed by atoms with Crippen molar-refractivity contribution in [2.45, 2.75) is 6.04 Å². The number of benzene rings is 1. The maximum atomic E-state index is 5.51. The van der Waals surface area contributed by atoms with Crippen LogP contribution in [0.5, 0.6) is 5.75 Å². The second-order valence-corrected chi connectivity index (χ2v) is 5.83. The molecule has 7 nitrogen and oxygen atoms in total. The summed E-state index contributed by atoms with van der Waals surface area (Å²) in [6.45, 7) is 0.689. The van der Waals surface area contributed by atoms with E-state index in [1.54, 1.807) is 24.3 Å². The van der Waals surface area contributed by atoms with E-state index in [1.807, 2.05) is 25.2 Å². The molecule has 0 radical (unpaired) electrons. The van der Waals surface area contributed by atoms with Crippen LogP contribution in [0.3, 0.4) is 0 Å². The minimum absolute atomic E-state index is 0.142. The summed E-state index contributed by atoms with van der Waals surface area (Å²) in [5.74, 6) is 1.67. The second kappa shape index (κ2) is 6.84. The van der Waals surface area contributed by atoms with Gasteiger partial charge in [0.25, 0.3) is 0 Å². The molecule has 126 valence electrons. The van der Waals surface area contributed by atoms with Crippen molar-refractivity contribution >= 4 is 16.9 Å². The van der Waals surface area contributed by atoms with Gasteiger partial charge in [0.1, 0.15) is 17.9 Å². The molecule has 0 bridgehead atoms. The number of fused-ring (bicyclic) bond motifs is 1. The average Bonchev–Trinajstić information content (AvgIpc) is 2.97. The molecule has 3 rings (SSSR count). The quantitative estimate of drug-likeness (QED) is 0.748. The van der Waals surface area contributed by atoms with Gasteiger partial charge in [-0.1, -0.05) is 18.2 Å². The van der Waals surface area contributed by atoms with E-state index < -0.39 is 0 Å². The zero-order valence-corrected chi connectivity index (χ0v) is 14.4. The lowest BCUT2D eigenvalue weighted by Crippen LogP contribution is -2.27. The van der Waals surface area contributed by atoms with Crippen LogP contribution in [0.2, 0.25) is 0 Å². The molecule has 0 spiro atoms. The molecule has 0 saturated heterocycles. The fourth-order valence-corrected chi connectivity index (χ4v) is 2.81. The number of para-hydroxylation sites is 1. The Morgan fingerprint density at radius 1 is 1.25 bits per heavy atom. The van der Waals surface area contributed by atoms with Crippen molar-refractivity contribution in [2.75, 3.05) is 33.1 Å². The van der Waals surface area contributed by atoms with Gasteiger partial charge in [-0.15, -0.1) is 0 Å². The lowest BCUT2D eigenvalue weighted by Gasteiger charge is -2.26. The average molecular weight is 326 g/mol. The highest BCUT2D eigenvalue weighted by atomic mass is 16.5. The van der Waals surface area contributed by atoms with Crippen molar-refractivity contribution < 1.29 is 4.74 Å². The number of nitrogens with zero attached hydrogens (tertiary/aromatic N) is 5. The first kappa shape index (κ1) is 16.2. The Bertz CT molecular complexity index is 829. The van der Waals surface area contributed by atoms with Crippen LogP contribution in [-0.4, -0.2) is 52.4 Å². The van der Waals surface area contributed by atoms with Gasteiger partial charge >= 0.3 is 0 Å². The van der Waals surface area contributed by atoms with Crippen LogP contribution in [-0.2, 0) is 7.05 Å². The molecule has 0 fully saturated rings. The van der Waals surface area contributed by atoms with Gasteiger partial charge in [0.2, 0.25) is 0 Å². The molecule has 0 amide bonds. The van der Waals surface area contributed by atoms with Crippen LogP contribution >= 0.6 is 0 Å². The second-order valence-electron chi connectivity index (χ2n) is 5.83. The molecule has 1 N–H and O–H groups in total. The summed E-state index contributed by atoms with van der Waals surface area (Å²) in [6, 6.07) is 8.22. The van der Waals surface area contributed by atoms with Gasteiger partial charge in [-0.3, -0.25) is 4.68 Å². The highest BCUT2D eigenvalue weighted by Gasteiger charge is 2.19. The van der Waals surface area contributed by atoms with Crippen molar-refractivity contribution in [1.82, 2.24) is 24.6 Å². The molecule has 0 unspecified atom stereocenters. The third-order valence-corrected chi connectivity index (χ3v) is 4.11. The topological polar surface area (TPSA) is 68.1 Å². The van der Waals surface area contributed by atoms with Gasteiger partial charge in [0, 0.05) is 19.2 Å². The number of ether oxygens (including phenoxy) is 1. The summed E-state index contributed by atoms with van der Waals surface area (Å²) in [4.78, 5) is 10.8. The molecule has 0 aliphatic carbocycles. The third-order valence-electron chi connectivity index (χ3n) is 4.11. The van der Waals surface area contributed by atoms with Crippen molar-refractivity contribution in [3.05, 3.63) is 42.4 Å². The molecule has 1 atom stereocenters. The smallest absolute Gasteiger partial charge is 0.163 e. The Balaban J connectivity index is 1.86. The maximum absolute atomic E-state index is 5.51. The number of rotatable bonds is 6. The fourth-order valence-electron chi connectivity index (χ4n) is 2.81. The summed E-state index contributed by atoms with van der Waals surface area (Å²) in [6.07, 6.45) is 3.34. The minimum Gasteiger partial charge on any atom is -0.496 e. The predicted octanol–water partition coefficient (Wildman–Crippen LogP) is 2.09. The monoisotopic (exact) mass is 326 g/mol. The van der Waals surface area contributed by atoms with Gasteiger partial charge in [0.05, 0.1) is 24.7 Å². The van der Waals surface area contributed by atoms with Crippen LogP contribution < -0.4 is 10.1 Å². The highest BCUT2D eigenvalue weighted by molar-refractivity contribution is 5.85. The van der Waals surface area contributed by atoms with Gasteiger partial charge in [-0.2, -0.15) is 5.10 Å². The number of methoxy groups -OCH3 is 1. The molecule has 0 aliphatic rings. The van der Waals surface area contributed by atoms with Crippen molar-refractivity contribution in [3.8, 4) is 5.75 Å². The van der Waals surface area contributed by atoms with Gasteiger partial charge in [-0.25, -0.2) is 9.97 Å². The Hall–Kier alpha value is -2.67. The van der Waals surface area contributed by atoms with E-state index in [0.29, 0.717) is 6.54 Å². The zero-order valence-electron chi connectivity index (χ0n) is 14.4. The lowest BCUT2D eigenvalue weighted by molar-refractivity contribution is 0.300. The van der Waals surface area contributed by atoms with Crippen molar-refractivity contribution in [3.63, 3.8) is 0 Å². The molecule has 24 heavy (non-hydrogen) atoms. The molecule has 1 aromatic carbocycles. The Labute approximate surface area is 141 Å². The van der Waals surface area contributed by atoms with E-state index in [1.165, 1.54) is 0 Å². The highest BCUT2D eigenvalue weighted by Crippen LogP contribution is 2.28. The van der Waals surface area contributed by atoms with Crippen LogP contribution in [0, 0.1) is 0 Å². The van der Waals surface area contributed by atoms with E-state index >= 15 is 0 Å². The van der Waals surface area contributed by atoms with Crippen molar-refractivity contribution in [2.24, 2.45) is 7.05 Å². The Kier molecular flexibility index (Phi) is 4.61. The summed E-state index contributed by atoms with van der Waals surface area (Å²) in [5.41, 5.74) is 1.94. The van der Waals surface area contributed by atoms with E-state index in [2.05, 4.69) is 45.4 Å². The molecule has 7 heteroatoms. The SMILES string of the molecule is COc1ccccc1[C@@H](CNc1ncnc2c1cnn2C)N(C)C. The van der Waals surface area contributed by atoms with Crippen molar-refractivity contribution in [1.29, 1.82) is 0 Å². The number of aromatic nitrogens is 4. The maximum Gasteiger partial charge on any atom is 0.163 e. The fraction of sp³-hybridized carbons (Fsp3) is 0.353. The van der Waals surface area contributed by atoms with E-state index in [9.17, 15) is 0 Å². The zero-order chi connectivity index (χ0) is 17.1. The molecule has 3 aromatic rings. The summed E-state index contributed by atoms with van der Waals surface area (Å²) in [7, 11) is 7.68. The van der Waals surface area contributed by atoms with Gasteiger partial charge in [0.15, 0.2) is 5.65 Å². The first-order valence-corrected chi connectivity index (χ1v) is 7.77. The molecule has 2 heterocycles. The minimum atomic E-state index is 0.142. The van der Waals surface area contributed by atoms with Crippen LogP contribution in [0.25, 0.3) is 11.0 Å². The van der Waals surface area contributed by atoms with E-state index in [4.69, 9.17) is 4.74 Å². The van der Waals surface area contributed by atoms with Crippen LogP contribution in [0.1, 0.15) is 11.6 Å². The van der Waals surface area contributed by atoms with E-state index in [0.717, 1.165) is 28.2 Å². The predicted molar refractivity (Wildman–Crippen MR) is 94.2 cm³/mol. The summed E-state index contributed by atoms with van der Waals surface area (Å²) >= 11 is 0. The van der Waals surface area contributed by atoms with Crippen LogP contribution in [0.4, 0.5) is 5.82 Å². The summed E-state index contributed by atoms with van der Waals surface area (Å²) in [5, 5.41) is 8.59. The number of aryl methyl sites for hydroxylation is 1. The normalized spacial score (nSPS) is 12.5. The number of anilines is 1. The molecule has 2 aromatic heterocycles. The largest absolute Gasteiger partial charge is 0.496 e. The summed E-state index contributed by atoms with van der Waals surface area (Å²) < 4.78 is 7.25. The first-order valence-electron chi connectivity index (χ1n) is 7.77. The third kappa shape index (κ3) is 3.03. The van der Waals surface area contributed by atoms with E-state index in [-0.39, 0.29) is 6.04 Å². The molecular weight excluding hydrogens is 304 g/mol. The van der Waals surface area contributed by atoms with Gasteiger partial charge in [-0.05, 0) is 20.2 Å². The number of nitrogens with one attached hydrogen (secondary N) is 1. The Morgan fingerprint density at radius 3 is 2.79 bits per heavy atom.